The number of ketones is 1. The maximum absolute atomic E-state index is 12.0. The summed E-state index contributed by atoms with van der Waals surface area (Å²) in [5.41, 5.74) is 0.983. The van der Waals surface area contributed by atoms with Gasteiger partial charge >= 0.3 is 5.97 Å². The van der Waals surface area contributed by atoms with Crippen LogP contribution in [0.5, 0.6) is 0 Å². The Labute approximate surface area is 152 Å². The first kappa shape index (κ1) is 16.2. The highest BCUT2D eigenvalue weighted by Crippen LogP contribution is 2.37. The van der Waals surface area contributed by atoms with Gasteiger partial charge in [0.25, 0.3) is 0 Å². The molecule has 1 aromatic heterocycles. The van der Waals surface area contributed by atoms with Crippen molar-refractivity contribution in [2.75, 3.05) is 17.7 Å². The molecule has 2 heterocycles. The van der Waals surface area contributed by atoms with Gasteiger partial charge in [-0.1, -0.05) is 30.0 Å². The van der Waals surface area contributed by atoms with Crippen LogP contribution in [0.3, 0.4) is 0 Å². The largest absolute Gasteiger partial charge is 0.462 e. The lowest BCUT2D eigenvalue weighted by atomic mass is 10.1. The molecule has 2 aromatic carbocycles. The van der Waals surface area contributed by atoms with E-state index >= 15 is 0 Å². The molecule has 25 heavy (non-hydrogen) atoms. The SMILES string of the molecule is CCOC(=O)C1=C(Nc2ccc3sc4ccccc4c3c2)SCC1=O. The fourth-order valence-electron chi connectivity index (χ4n) is 2.85. The number of benzene rings is 2. The second-order valence-corrected chi connectivity index (χ2v) is 7.64. The van der Waals surface area contributed by atoms with Crippen LogP contribution < -0.4 is 5.32 Å². The number of hydrogen-bond donors (Lipinski definition) is 1. The number of carbonyl (C=O) groups is 2. The van der Waals surface area contributed by atoms with Crippen LogP contribution in [0.1, 0.15) is 6.92 Å². The Bertz CT molecular complexity index is 1040. The van der Waals surface area contributed by atoms with Crippen molar-refractivity contribution < 1.29 is 14.3 Å². The Balaban J connectivity index is 1.73. The molecule has 3 aromatic rings. The van der Waals surface area contributed by atoms with E-state index in [0.29, 0.717) is 5.03 Å². The lowest BCUT2D eigenvalue weighted by Crippen LogP contribution is -2.16. The normalized spacial score (nSPS) is 14.5. The lowest BCUT2D eigenvalue weighted by molar-refractivity contribution is -0.139. The predicted molar refractivity (Wildman–Crippen MR) is 104 cm³/mol. The van der Waals surface area contributed by atoms with Crippen LogP contribution in [0.4, 0.5) is 5.69 Å². The van der Waals surface area contributed by atoms with Crippen molar-refractivity contribution >= 4 is 60.7 Å². The first-order valence-corrected chi connectivity index (χ1v) is 9.73. The van der Waals surface area contributed by atoms with Crippen molar-refractivity contribution in [2.45, 2.75) is 6.92 Å². The summed E-state index contributed by atoms with van der Waals surface area (Å²) in [5, 5.41) is 6.18. The van der Waals surface area contributed by atoms with E-state index in [4.69, 9.17) is 4.74 Å². The van der Waals surface area contributed by atoms with Gasteiger partial charge in [0, 0.05) is 25.9 Å². The van der Waals surface area contributed by atoms with Gasteiger partial charge in [0.05, 0.1) is 17.4 Å². The number of thiophene rings is 1. The molecule has 0 radical (unpaired) electrons. The smallest absolute Gasteiger partial charge is 0.344 e. The first-order valence-electron chi connectivity index (χ1n) is 7.93. The van der Waals surface area contributed by atoms with Crippen LogP contribution in [-0.4, -0.2) is 24.1 Å². The molecule has 126 valence electrons. The predicted octanol–water partition coefficient (Wildman–Crippen LogP) is 4.56. The molecule has 4 rings (SSSR count). The summed E-state index contributed by atoms with van der Waals surface area (Å²) >= 11 is 3.09. The van der Waals surface area contributed by atoms with Gasteiger partial charge in [-0.2, -0.15) is 0 Å². The van der Waals surface area contributed by atoms with Crippen molar-refractivity contribution in [3.05, 3.63) is 53.1 Å². The van der Waals surface area contributed by atoms with Gasteiger partial charge in [0.15, 0.2) is 5.78 Å². The monoisotopic (exact) mass is 369 g/mol. The molecule has 0 atom stereocenters. The average molecular weight is 369 g/mol. The summed E-state index contributed by atoms with van der Waals surface area (Å²) in [6.07, 6.45) is 0. The summed E-state index contributed by atoms with van der Waals surface area (Å²) in [6, 6.07) is 14.4. The van der Waals surface area contributed by atoms with Crippen LogP contribution in [0.2, 0.25) is 0 Å². The van der Waals surface area contributed by atoms with E-state index in [1.54, 1.807) is 18.3 Å². The van der Waals surface area contributed by atoms with E-state index in [0.717, 1.165) is 5.69 Å². The molecule has 0 saturated carbocycles. The van der Waals surface area contributed by atoms with E-state index in [1.165, 1.54) is 31.9 Å². The summed E-state index contributed by atoms with van der Waals surface area (Å²) < 4.78 is 7.46. The first-order chi connectivity index (χ1) is 12.2. The number of anilines is 1. The van der Waals surface area contributed by atoms with Gasteiger partial charge in [-0.3, -0.25) is 4.79 Å². The van der Waals surface area contributed by atoms with Crippen LogP contribution in [0.25, 0.3) is 20.2 Å². The van der Waals surface area contributed by atoms with Gasteiger partial charge in [-0.25, -0.2) is 4.79 Å². The van der Waals surface area contributed by atoms with Crippen molar-refractivity contribution in [1.29, 1.82) is 0 Å². The zero-order valence-corrected chi connectivity index (χ0v) is 15.1. The zero-order valence-electron chi connectivity index (χ0n) is 13.5. The van der Waals surface area contributed by atoms with Gasteiger partial charge < -0.3 is 10.1 Å². The van der Waals surface area contributed by atoms with Crippen LogP contribution in [0.15, 0.2) is 53.1 Å². The van der Waals surface area contributed by atoms with Gasteiger partial charge in [-0.15, -0.1) is 11.3 Å². The molecule has 0 bridgehead atoms. The number of thioether (sulfide) groups is 1. The topological polar surface area (TPSA) is 55.4 Å². The number of fused-ring (bicyclic) bond motifs is 3. The average Bonchev–Trinajstić information content (AvgIpc) is 3.15. The maximum atomic E-state index is 12.0. The van der Waals surface area contributed by atoms with E-state index in [2.05, 4.69) is 29.6 Å². The molecule has 0 unspecified atom stereocenters. The Morgan fingerprint density at radius 3 is 2.80 bits per heavy atom. The molecular formula is C19H15NO3S2. The summed E-state index contributed by atoms with van der Waals surface area (Å²) in [5.74, 6) is -0.477. The fourth-order valence-corrected chi connectivity index (χ4v) is 4.89. The van der Waals surface area contributed by atoms with Crippen molar-refractivity contribution in [3.63, 3.8) is 0 Å². The third-order valence-corrected chi connectivity index (χ3v) is 6.12. The highest BCUT2D eigenvalue weighted by molar-refractivity contribution is 8.04. The molecule has 0 aliphatic carbocycles. The molecule has 1 aliphatic heterocycles. The van der Waals surface area contributed by atoms with Crippen LogP contribution in [-0.2, 0) is 14.3 Å². The number of nitrogens with one attached hydrogen (secondary N) is 1. The highest BCUT2D eigenvalue weighted by atomic mass is 32.2. The number of esters is 1. The molecule has 1 N–H and O–H groups in total. The zero-order chi connectivity index (χ0) is 17.4. The minimum Gasteiger partial charge on any atom is -0.462 e. The second-order valence-electron chi connectivity index (χ2n) is 5.57. The van der Waals surface area contributed by atoms with E-state index in [1.807, 2.05) is 18.2 Å². The molecule has 0 amide bonds. The number of carbonyl (C=O) groups excluding carboxylic acids is 2. The van der Waals surface area contributed by atoms with Gasteiger partial charge in [0.2, 0.25) is 0 Å². The molecule has 0 saturated heterocycles. The summed E-state index contributed by atoms with van der Waals surface area (Å²) in [4.78, 5) is 24.1. The summed E-state index contributed by atoms with van der Waals surface area (Å²) in [7, 11) is 0. The van der Waals surface area contributed by atoms with Gasteiger partial charge in [0.1, 0.15) is 5.57 Å². The minimum absolute atomic E-state index is 0.127. The minimum atomic E-state index is -0.554. The lowest BCUT2D eigenvalue weighted by Gasteiger charge is -2.09. The number of ether oxygens (including phenoxy) is 1. The third-order valence-electron chi connectivity index (χ3n) is 3.97. The Morgan fingerprint density at radius 1 is 1.16 bits per heavy atom. The quantitative estimate of drug-likeness (QED) is 0.540. The standard InChI is InChI=1S/C19H15NO3S2/c1-2-23-19(22)17-14(21)10-24-18(17)20-11-7-8-16-13(9-11)12-5-3-4-6-15(12)25-16/h3-9,20H,2,10H2,1H3. The number of hydrogen-bond acceptors (Lipinski definition) is 6. The molecule has 4 nitrogen and oxygen atoms in total. The number of rotatable bonds is 4. The molecule has 6 heteroatoms. The van der Waals surface area contributed by atoms with Crippen LogP contribution in [0, 0.1) is 0 Å². The van der Waals surface area contributed by atoms with Gasteiger partial charge in [-0.05, 0) is 31.2 Å². The van der Waals surface area contributed by atoms with Crippen molar-refractivity contribution in [2.24, 2.45) is 0 Å². The molecule has 0 fully saturated rings. The Hall–Kier alpha value is -2.31. The highest BCUT2D eigenvalue weighted by Gasteiger charge is 2.31. The maximum Gasteiger partial charge on any atom is 0.344 e. The summed E-state index contributed by atoms with van der Waals surface area (Å²) in [6.45, 7) is 1.98. The number of Topliss-reactive ketones (excluding diaryl/α,β-unsaturated/α-hetero) is 1. The van der Waals surface area contributed by atoms with Crippen LogP contribution >= 0.6 is 23.1 Å². The Kier molecular flexibility index (Phi) is 4.23. The van der Waals surface area contributed by atoms with E-state index in [-0.39, 0.29) is 23.7 Å². The van der Waals surface area contributed by atoms with Crippen molar-refractivity contribution in [1.82, 2.24) is 0 Å². The second kappa shape index (κ2) is 6.54. The van der Waals surface area contributed by atoms with E-state index < -0.39 is 5.97 Å². The molecule has 1 aliphatic rings. The Morgan fingerprint density at radius 2 is 1.96 bits per heavy atom. The third kappa shape index (κ3) is 2.92. The fraction of sp³-hybridized carbons (Fsp3) is 0.158. The van der Waals surface area contributed by atoms with Crippen molar-refractivity contribution in [3.8, 4) is 0 Å². The molecule has 0 spiro atoms. The molecular weight excluding hydrogens is 354 g/mol. The van der Waals surface area contributed by atoms with E-state index in [9.17, 15) is 9.59 Å².